The highest BCUT2D eigenvalue weighted by Gasteiger charge is 2.32. The van der Waals surface area contributed by atoms with E-state index in [1.807, 2.05) is 0 Å². The lowest BCUT2D eigenvalue weighted by Gasteiger charge is -2.29. The van der Waals surface area contributed by atoms with E-state index in [0.29, 0.717) is 24.9 Å². The monoisotopic (exact) mass is 368 g/mol. The Hall–Kier alpha value is -3.03. The number of nitro benzene ring substituents is 1. The van der Waals surface area contributed by atoms with E-state index in [1.54, 1.807) is 23.1 Å². The summed E-state index contributed by atoms with van der Waals surface area (Å²) >= 11 is 0. The third kappa shape index (κ3) is 4.05. The summed E-state index contributed by atoms with van der Waals surface area (Å²) in [5, 5.41) is 19.0. The molecule has 4 rings (SSSR count). The molecule has 1 aromatic carbocycles. The summed E-state index contributed by atoms with van der Waals surface area (Å²) in [5.41, 5.74) is 0.786. The lowest BCUT2D eigenvalue weighted by molar-refractivity contribution is -0.384. The molecule has 0 bridgehead atoms. The van der Waals surface area contributed by atoms with E-state index in [4.69, 9.17) is 4.42 Å². The van der Waals surface area contributed by atoms with Gasteiger partial charge in [-0.1, -0.05) is 0 Å². The van der Waals surface area contributed by atoms with E-state index in [0.717, 1.165) is 37.1 Å². The van der Waals surface area contributed by atoms with Crippen LogP contribution in [0, 0.1) is 10.1 Å². The van der Waals surface area contributed by atoms with Gasteiger partial charge < -0.3 is 9.32 Å². The maximum absolute atomic E-state index is 12.4. The molecule has 140 valence electrons. The van der Waals surface area contributed by atoms with E-state index in [-0.39, 0.29) is 17.5 Å². The second-order valence-electron chi connectivity index (χ2n) is 7.03. The minimum atomic E-state index is -0.445. The molecule has 8 heteroatoms. The van der Waals surface area contributed by atoms with Gasteiger partial charge in [0.05, 0.1) is 4.92 Å². The van der Waals surface area contributed by atoms with Crippen molar-refractivity contribution in [2.45, 2.75) is 37.5 Å². The maximum Gasteiger partial charge on any atom is 0.269 e. The summed E-state index contributed by atoms with van der Waals surface area (Å²) in [5.74, 6) is 2.07. The Kier molecular flexibility index (Phi) is 4.70. The molecule has 1 amide bonds. The summed E-state index contributed by atoms with van der Waals surface area (Å²) in [6.07, 6.45) is 7.08. The smallest absolute Gasteiger partial charge is 0.269 e. The number of rotatable bonds is 5. The van der Waals surface area contributed by atoms with Gasteiger partial charge in [0.15, 0.2) is 0 Å². The van der Waals surface area contributed by atoms with Crippen molar-refractivity contribution in [2.75, 3.05) is 13.1 Å². The summed E-state index contributed by atoms with van der Waals surface area (Å²) in [4.78, 5) is 24.4. The molecule has 1 aliphatic carbocycles. The molecule has 1 aromatic heterocycles. The van der Waals surface area contributed by atoms with Gasteiger partial charge in [0.1, 0.15) is 0 Å². The Morgan fingerprint density at radius 2 is 1.67 bits per heavy atom. The van der Waals surface area contributed by atoms with Crippen LogP contribution in [0.3, 0.4) is 0 Å². The average Bonchev–Trinajstić information content (AvgIpc) is 3.43. The van der Waals surface area contributed by atoms with E-state index in [2.05, 4.69) is 10.2 Å². The largest absolute Gasteiger partial charge is 0.425 e. The number of piperidine rings is 1. The number of likely N-dealkylation sites (tertiary alicyclic amines) is 1. The molecule has 1 saturated carbocycles. The summed E-state index contributed by atoms with van der Waals surface area (Å²) in [7, 11) is 0. The van der Waals surface area contributed by atoms with E-state index >= 15 is 0 Å². The highest BCUT2D eigenvalue weighted by atomic mass is 16.6. The normalized spacial score (nSPS) is 18.1. The van der Waals surface area contributed by atoms with Gasteiger partial charge in [-0.2, -0.15) is 0 Å². The summed E-state index contributed by atoms with van der Waals surface area (Å²) < 4.78 is 5.79. The fourth-order valence-corrected chi connectivity index (χ4v) is 3.23. The Morgan fingerprint density at radius 1 is 1.07 bits per heavy atom. The fraction of sp³-hybridized carbons (Fsp3) is 0.421. The van der Waals surface area contributed by atoms with Gasteiger partial charge in [0.25, 0.3) is 5.69 Å². The molecule has 27 heavy (non-hydrogen) atoms. The zero-order valence-corrected chi connectivity index (χ0v) is 14.8. The predicted molar refractivity (Wildman–Crippen MR) is 97.0 cm³/mol. The first kappa shape index (κ1) is 17.4. The van der Waals surface area contributed by atoms with Crippen LogP contribution in [0.1, 0.15) is 54.9 Å². The van der Waals surface area contributed by atoms with Crippen molar-refractivity contribution in [3.8, 4) is 0 Å². The molecule has 2 aromatic rings. The van der Waals surface area contributed by atoms with Gasteiger partial charge in [-0.25, -0.2) is 0 Å². The third-order valence-electron chi connectivity index (χ3n) is 5.06. The standard InChI is InChI=1S/C19H20N4O4/c24-17(8-3-13-1-6-16(7-2-13)23(25)26)22-11-9-15(10-12-22)19-21-20-18(27-19)14-4-5-14/h1-3,6-8,14-15H,4-5,9-12H2. The van der Waals surface area contributed by atoms with Gasteiger partial charge in [0, 0.05) is 43.1 Å². The number of carbonyl (C=O) groups excluding carboxylic acids is 1. The maximum atomic E-state index is 12.4. The number of non-ortho nitro benzene ring substituents is 1. The topological polar surface area (TPSA) is 102 Å². The fourth-order valence-electron chi connectivity index (χ4n) is 3.23. The molecule has 0 atom stereocenters. The molecular formula is C19H20N4O4. The van der Waals surface area contributed by atoms with Gasteiger partial charge in [-0.05, 0) is 49.5 Å². The molecule has 1 aliphatic heterocycles. The van der Waals surface area contributed by atoms with Crippen molar-refractivity contribution >= 4 is 17.7 Å². The van der Waals surface area contributed by atoms with Crippen LogP contribution in [0.2, 0.25) is 0 Å². The first-order valence-electron chi connectivity index (χ1n) is 9.15. The lowest BCUT2D eigenvalue weighted by Crippen LogP contribution is -2.36. The minimum Gasteiger partial charge on any atom is -0.425 e. The van der Waals surface area contributed by atoms with Crippen molar-refractivity contribution in [2.24, 2.45) is 0 Å². The van der Waals surface area contributed by atoms with E-state index in [9.17, 15) is 14.9 Å². The van der Waals surface area contributed by atoms with Crippen molar-refractivity contribution in [1.82, 2.24) is 15.1 Å². The Bertz CT molecular complexity index is 862. The van der Waals surface area contributed by atoms with Gasteiger partial charge in [-0.15, -0.1) is 10.2 Å². The molecule has 2 fully saturated rings. The van der Waals surface area contributed by atoms with Gasteiger partial charge in [-0.3, -0.25) is 14.9 Å². The molecule has 0 unspecified atom stereocenters. The van der Waals surface area contributed by atoms with Crippen LogP contribution in [-0.4, -0.2) is 39.0 Å². The van der Waals surface area contributed by atoms with Crippen LogP contribution in [0.15, 0.2) is 34.8 Å². The van der Waals surface area contributed by atoms with Crippen molar-refractivity contribution in [1.29, 1.82) is 0 Å². The minimum absolute atomic E-state index is 0.0337. The number of aromatic nitrogens is 2. The van der Waals surface area contributed by atoms with E-state index in [1.165, 1.54) is 18.2 Å². The molecule has 0 N–H and O–H groups in total. The molecular weight excluding hydrogens is 348 g/mol. The number of benzene rings is 1. The highest BCUT2D eigenvalue weighted by molar-refractivity contribution is 5.91. The average molecular weight is 368 g/mol. The second kappa shape index (κ2) is 7.30. The van der Waals surface area contributed by atoms with Crippen LogP contribution in [-0.2, 0) is 4.79 Å². The molecule has 2 aliphatic rings. The SMILES string of the molecule is O=C(C=Cc1ccc([N+](=O)[O-])cc1)N1CCC(c2nnc(C3CC3)o2)CC1. The zero-order valence-electron chi connectivity index (χ0n) is 14.8. The Morgan fingerprint density at radius 3 is 2.22 bits per heavy atom. The third-order valence-corrected chi connectivity index (χ3v) is 5.06. The molecule has 8 nitrogen and oxygen atoms in total. The van der Waals surface area contributed by atoms with Crippen LogP contribution in [0.25, 0.3) is 6.08 Å². The van der Waals surface area contributed by atoms with E-state index < -0.39 is 4.92 Å². The number of nitro groups is 1. The van der Waals surface area contributed by atoms with Crippen LogP contribution in [0.4, 0.5) is 5.69 Å². The molecule has 0 radical (unpaired) electrons. The Balaban J connectivity index is 1.30. The molecule has 2 heterocycles. The predicted octanol–water partition coefficient (Wildman–Crippen LogP) is 3.27. The van der Waals surface area contributed by atoms with Gasteiger partial charge >= 0.3 is 0 Å². The lowest BCUT2D eigenvalue weighted by atomic mass is 9.97. The van der Waals surface area contributed by atoms with Crippen LogP contribution < -0.4 is 0 Å². The first-order chi connectivity index (χ1) is 13.1. The quantitative estimate of drug-likeness (QED) is 0.456. The van der Waals surface area contributed by atoms with Crippen molar-refractivity contribution in [3.05, 3.63) is 57.8 Å². The number of nitrogens with zero attached hydrogens (tertiary/aromatic N) is 4. The Labute approximate surface area is 156 Å². The number of amides is 1. The van der Waals surface area contributed by atoms with Crippen LogP contribution >= 0.6 is 0 Å². The number of hydrogen-bond donors (Lipinski definition) is 0. The number of carbonyl (C=O) groups is 1. The first-order valence-corrected chi connectivity index (χ1v) is 9.15. The molecule has 1 saturated heterocycles. The zero-order chi connectivity index (χ0) is 18.8. The molecule has 0 spiro atoms. The van der Waals surface area contributed by atoms with Crippen molar-refractivity contribution in [3.63, 3.8) is 0 Å². The highest BCUT2D eigenvalue weighted by Crippen LogP contribution is 2.40. The number of hydrogen-bond acceptors (Lipinski definition) is 6. The van der Waals surface area contributed by atoms with Crippen LogP contribution in [0.5, 0.6) is 0 Å². The summed E-state index contributed by atoms with van der Waals surface area (Å²) in [6, 6.07) is 6.11. The van der Waals surface area contributed by atoms with Crippen molar-refractivity contribution < 1.29 is 14.1 Å². The van der Waals surface area contributed by atoms with Gasteiger partial charge in [0.2, 0.25) is 17.7 Å². The second-order valence-corrected chi connectivity index (χ2v) is 7.03. The summed E-state index contributed by atoms with van der Waals surface area (Å²) in [6.45, 7) is 1.30.